The minimum Gasteiger partial charge on any atom is -0.396 e. The molecule has 20 heavy (non-hydrogen) atoms. The second kappa shape index (κ2) is 7.76. The van der Waals surface area contributed by atoms with Crippen LogP contribution in [0.15, 0.2) is 12.1 Å². The Hall–Kier alpha value is -0.130. The molecule has 1 N–H and O–H groups in total. The lowest BCUT2D eigenvalue weighted by molar-refractivity contribution is 0.0162. The fourth-order valence-electron chi connectivity index (χ4n) is 3.11. The highest BCUT2D eigenvalue weighted by molar-refractivity contribution is 7.16. The summed E-state index contributed by atoms with van der Waals surface area (Å²) < 4.78 is 5.99. The van der Waals surface area contributed by atoms with Gasteiger partial charge >= 0.3 is 0 Å². The fourth-order valence-corrected chi connectivity index (χ4v) is 4.24. The molecule has 0 aromatic carbocycles. The van der Waals surface area contributed by atoms with Crippen molar-refractivity contribution in [2.45, 2.75) is 32.2 Å². The van der Waals surface area contributed by atoms with Gasteiger partial charge in [0, 0.05) is 43.7 Å². The predicted molar refractivity (Wildman–Crippen MR) is 84.5 cm³/mol. The molecule has 1 fully saturated rings. The lowest BCUT2D eigenvalue weighted by Crippen LogP contribution is -2.45. The van der Waals surface area contributed by atoms with Crippen molar-refractivity contribution in [3.05, 3.63) is 21.3 Å². The molecule has 1 aromatic rings. The van der Waals surface area contributed by atoms with Gasteiger partial charge in [0.25, 0.3) is 0 Å². The van der Waals surface area contributed by atoms with E-state index < -0.39 is 0 Å². The molecule has 1 atom stereocenters. The Bertz CT molecular complexity index is 412. The summed E-state index contributed by atoms with van der Waals surface area (Å²) in [6.45, 7) is 4.09. The Balaban J connectivity index is 1.91. The van der Waals surface area contributed by atoms with E-state index in [1.54, 1.807) is 18.4 Å². The SMILES string of the molecule is COCCC[C@]1(CO)CCCN(Cc2ccc(Cl)s2)C1. The Kier molecular flexibility index (Phi) is 6.30. The molecule has 1 aliphatic rings. The molecule has 1 aliphatic heterocycles. The van der Waals surface area contributed by atoms with Crippen molar-refractivity contribution in [2.75, 3.05) is 33.4 Å². The molecule has 3 nitrogen and oxygen atoms in total. The Labute approximate surface area is 130 Å². The van der Waals surface area contributed by atoms with E-state index in [0.717, 1.165) is 56.3 Å². The first-order valence-electron chi connectivity index (χ1n) is 7.24. The van der Waals surface area contributed by atoms with Crippen molar-refractivity contribution in [3.63, 3.8) is 0 Å². The number of aliphatic hydroxyl groups excluding tert-OH is 1. The van der Waals surface area contributed by atoms with Crippen LogP contribution < -0.4 is 0 Å². The molecule has 0 aliphatic carbocycles. The van der Waals surface area contributed by atoms with Gasteiger partial charge in [-0.15, -0.1) is 11.3 Å². The van der Waals surface area contributed by atoms with Gasteiger partial charge in [0.05, 0.1) is 4.34 Å². The molecule has 0 radical (unpaired) electrons. The summed E-state index contributed by atoms with van der Waals surface area (Å²) in [4.78, 5) is 3.76. The van der Waals surface area contributed by atoms with Crippen LogP contribution in [-0.4, -0.2) is 43.4 Å². The number of hydrogen-bond acceptors (Lipinski definition) is 4. The highest BCUT2D eigenvalue weighted by Gasteiger charge is 2.34. The first kappa shape index (κ1) is 16.2. The molecular weight excluding hydrogens is 294 g/mol. The second-order valence-electron chi connectivity index (χ2n) is 5.77. The minimum atomic E-state index is 0.0534. The maximum atomic E-state index is 9.84. The third-order valence-electron chi connectivity index (χ3n) is 4.14. The van der Waals surface area contributed by atoms with Crippen LogP contribution in [-0.2, 0) is 11.3 Å². The van der Waals surface area contributed by atoms with E-state index >= 15 is 0 Å². The summed E-state index contributed by atoms with van der Waals surface area (Å²) in [5.41, 5.74) is 0.0534. The summed E-state index contributed by atoms with van der Waals surface area (Å²) in [6, 6.07) is 4.07. The van der Waals surface area contributed by atoms with Crippen molar-refractivity contribution >= 4 is 22.9 Å². The van der Waals surface area contributed by atoms with Crippen LogP contribution in [0.5, 0.6) is 0 Å². The monoisotopic (exact) mass is 317 g/mol. The van der Waals surface area contributed by atoms with Gasteiger partial charge in [0.15, 0.2) is 0 Å². The van der Waals surface area contributed by atoms with Gasteiger partial charge in [0.1, 0.15) is 0 Å². The van der Waals surface area contributed by atoms with E-state index in [4.69, 9.17) is 16.3 Å². The van der Waals surface area contributed by atoms with Crippen molar-refractivity contribution in [1.29, 1.82) is 0 Å². The smallest absolute Gasteiger partial charge is 0.0931 e. The van der Waals surface area contributed by atoms with Gasteiger partial charge in [-0.1, -0.05) is 11.6 Å². The third kappa shape index (κ3) is 4.43. The molecule has 2 heterocycles. The molecule has 2 rings (SSSR count). The van der Waals surface area contributed by atoms with E-state index in [1.807, 2.05) is 6.07 Å². The first-order valence-corrected chi connectivity index (χ1v) is 8.43. The zero-order chi connectivity index (χ0) is 14.4. The normalized spacial score (nSPS) is 24.1. The van der Waals surface area contributed by atoms with Crippen LogP contribution in [0.4, 0.5) is 0 Å². The molecule has 1 saturated heterocycles. The Morgan fingerprint density at radius 1 is 1.50 bits per heavy atom. The number of hydrogen-bond donors (Lipinski definition) is 1. The Morgan fingerprint density at radius 3 is 3.00 bits per heavy atom. The van der Waals surface area contributed by atoms with E-state index in [2.05, 4.69) is 11.0 Å². The summed E-state index contributed by atoms with van der Waals surface area (Å²) >= 11 is 7.64. The number of halogens is 1. The van der Waals surface area contributed by atoms with Crippen molar-refractivity contribution in [1.82, 2.24) is 4.90 Å². The summed E-state index contributed by atoms with van der Waals surface area (Å²) in [7, 11) is 1.74. The van der Waals surface area contributed by atoms with E-state index in [0.29, 0.717) is 0 Å². The zero-order valence-corrected chi connectivity index (χ0v) is 13.7. The number of aliphatic hydroxyl groups is 1. The van der Waals surface area contributed by atoms with Crippen LogP contribution in [0.3, 0.4) is 0 Å². The van der Waals surface area contributed by atoms with Crippen molar-refractivity contribution in [2.24, 2.45) is 5.41 Å². The quantitative estimate of drug-likeness (QED) is 0.782. The van der Waals surface area contributed by atoms with E-state index in [1.165, 1.54) is 4.88 Å². The highest BCUT2D eigenvalue weighted by Crippen LogP contribution is 2.35. The van der Waals surface area contributed by atoms with Gasteiger partial charge in [-0.05, 0) is 44.4 Å². The number of thiophene rings is 1. The minimum absolute atomic E-state index is 0.0534. The molecule has 0 saturated carbocycles. The van der Waals surface area contributed by atoms with Crippen molar-refractivity contribution < 1.29 is 9.84 Å². The molecule has 1 aromatic heterocycles. The van der Waals surface area contributed by atoms with Crippen molar-refractivity contribution in [3.8, 4) is 0 Å². The van der Waals surface area contributed by atoms with Gasteiger partial charge in [-0.25, -0.2) is 0 Å². The van der Waals surface area contributed by atoms with Gasteiger partial charge in [0.2, 0.25) is 0 Å². The summed E-state index contributed by atoms with van der Waals surface area (Å²) in [6.07, 6.45) is 4.34. The van der Waals surface area contributed by atoms with Gasteiger partial charge in [-0.3, -0.25) is 4.90 Å². The summed E-state index contributed by atoms with van der Waals surface area (Å²) in [5, 5.41) is 9.84. The number of methoxy groups -OCH3 is 1. The number of ether oxygens (including phenoxy) is 1. The van der Waals surface area contributed by atoms with E-state index in [9.17, 15) is 5.11 Å². The number of nitrogens with zero attached hydrogens (tertiary/aromatic N) is 1. The molecule has 114 valence electrons. The van der Waals surface area contributed by atoms with Gasteiger partial charge < -0.3 is 9.84 Å². The predicted octanol–water partition coefficient (Wildman–Crippen LogP) is 3.40. The lowest BCUT2D eigenvalue weighted by atomic mass is 9.77. The van der Waals surface area contributed by atoms with Crippen LogP contribution in [0.1, 0.15) is 30.6 Å². The lowest BCUT2D eigenvalue weighted by Gasteiger charge is -2.42. The maximum absolute atomic E-state index is 9.84. The van der Waals surface area contributed by atoms with Crippen LogP contribution >= 0.6 is 22.9 Å². The fraction of sp³-hybridized carbons (Fsp3) is 0.733. The largest absolute Gasteiger partial charge is 0.396 e. The third-order valence-corrected chi connectivity index (χ3v) is 5.36. The topological polar surface area (TPSA) is 32.7 Å². The molecule has 0 unspecified atom stereocenters. The number of piperidine rings is 1. The van der Waals surface area contributed by atoms with Gasteiger partial charge in [-0.2, -0.15) is 0 Å². The van der Waals surface area contributed by atoms with E-state index in [-0.39, 0.29) is 12.0 Å². The zero-order valence-electron chi connectivity index (χ0n) is 12.1. The average molecular weight is 318 g/mol. The molecule has 0 amide bonds. The molecule has 0 spiro atoms. The standard InChI is InChI=1S/C15H24ClNO2S/c1-19-9-3-7-15(12-18)6-2-8-17(11-15)10-13-4-5-14(16)20-13/h4-5,18H,2-3,6-12H2,1H3/t15-/m1/s1. The maximum Gasteiger partial charge on any atom is 0.0931 e. The molecule has 5 heteroatoms. The average Bonchev–Trinajstić information content (AvgIpc) is 2.85. The second-order valence-corrected chi connectivity index (χ2v) is 7.57. The Morgan fingerprint density at radius 2 is 2.35 bits per heavy atom. The van der Waals surface area contributed by atoms with Crippen LogP contribution in [0.25, 0.3) is 0 Å². The molecule has 0 bridgehead atoms. The van der Waals surface area contributed by atoms with Crippen LogP contribution in [0.2, 0.25) is 4.34 Å². The molecular formula is C15H24ClNO2S. The van der Waals surface area contributed by atoms with Crippen LogP contribution in [0, 0.1) is 5.41 Å². The highest BCUT2D eigenvalue weighted by atomic mass is 35.5. The number of likely N-dealkylation sites (tertiary alicyclic amines) is 1. The first-order chi connectivity index (χ1) is 9.67. The summed E-state index contributed by atoms with van der Waals surface area (Å²) in [5.74, 6) is 0. The number of rotatable bonds is 7.